The molecule has 0 aliphatic carbocycles. The first kappa shape index (κ1) is 21.8. The number of para-hydroxylation sites is 2. The maximum absolute atomic E-state index is 12.1. The lowest BCUT2D eigenvalue weighted by molar-refractivity contribution is -0.0447. The molecule has 29 heavy (non-hydrogen) atoms. The van der Waals surface area contributed by atoms with Crippen LogP contribution in [0, 0.1) is 19.8 Å². The van der Waals surface area contributed by atoms with E-state index in [1.807, 2.05) is 30.3 Å². The fourth-order valence-electron chi connectivity index (χ4n) is 4.37. The minimum atomic E-state index is -0.925. The summed E-state index contributed by atoms with van der Waals surface area (Å²) in [5, 5.41) is 15.6. The summed E-state index contributed by atoms with van der Waals surface area (Å²) in [6, 6.07) is 14.2. The van der Waals surface area contributed by atoms with Gasteiger partial charge in [0.15, 0.2) is 0 Å². The van der Waals surface area contributed by atoms with Gasteiger partial charge in [-0.2, -0.15) is 0 Å². The number of nitrogens with one attached hydrogen (secondary N) is 1. The van der Waals surface area contributed by atoms with Crippen LogP contribution in [0.2, 0.25) is 0 Å². The first-order chi connectivity index (χ1) is 14.1. The van der Waals surface area contributed by atoms with E-state index in [-0.39, 0.29) is 5.92 Å². The number of hydrogen-bond donors (Lipinski definition) is 2. The fourth-order valence-corrected chi connectivity index (χ4v) is 4.37. The predicted octanol–water partition coefficient (Wildman–Crippen LogP) is 5.10. The molecule has 0 radical (unpaired) electrons. The summed E-state index contributed by atoms with van der Waals surface area (Å²) in [7, 11) is 1.73. The number of piperidine rings is 1. The van der Waals surface area contributed by atoms with Crippen LogP contribution in [0.15, 0.2) is 42.5 Å². The molecule has 2 aromatic rings. The number of unbranched alkanes of at least 4 members (excludes halogenated alkanes) is 1. The van der Waals surface area contributed by atoms with Crippen LogP contribution in [0.5, 0.6) is 11.5 Å². The quantitative estimate of drug-likeness (QED) is 0.578. The average molecular weight is 398 g/mol. The summed E-state index contributed by atoms with van der Waals surface area (Å²) >= 11 is 0. The third kappa shape index (κ3) is 5.19. The number of rotatable bonds is 9. The molecule has 1 aliphatic heterocycles. The normalized spacial score (nSPS) is 19.0. The summed E-state index contributed by atoms with van der Waals surface area (Å²) in [6.45, 7) is 6.69. The summed E-state index contributed by atoms with van der Waals surface area (Å²) in [4.78, 5) is 0. The predicted molar refractivity (Wildman–Crippen MR) is 118 cm³/mol. The van der Waals surface area contributed by atoms with Gasteiger partial charge in [0.2, 0.25) is 0 Å². The molecule has 0 spiro atoms. The third-order valence-electron chi connectivity index (χ3n) is 6.11. The second-order valence-corrected chi connectivity index (χ2v) is 8.24. The Labute approximate surface area is 175 Å². The first-order valence-electron chi connectivity index (χ1n) is 10.8. The Morgan fingerprint density at radius 2 is 1.86 bits per heavy atom. The molecule has 1 fully saturated rings. The molecule has 0 aromatic heterocycles. The number of methoxy groups -OCH3 is 1. The lowest BCUT2D eigenvalue weighted by Crippen LogP contribution is -2.44. The summed E-state index contributed by atoms with van der Waals surface area (Å²) < 4.78 is 11.7. The van der Waals surface area contributed by atoms with Crippen molar-refractivity contribution in [2.45, 2.75) is 51.6 Å². The van der Waals surface area contributed by atoms with Crippen molar-refractivity contribution in [3.8, 4) is 11.5 Å². The van der Waals surface area contributed by atoms with Gasteiger partial charge in [0.25, 0.3) is 0 Å². The van der Waals surface area contributed by atoms with Gasteiger partial charge in [0.1, 0.15) is 11.5 Å². The van der Waals surface area contributed by atoms with Gasteiger partial charge in [0, 0.05) is 31.7 Å². The molecular weight excluding hydrogens is 362 g/mol. The van der Waals surface area contributed by atoms with Crippen molar-refractivity contribution >= 4 is 0 Å². The smallest absolute Gasteiger partial charge is 0.136 e. The Bertz CT molecular complexity index is 785. The molecule has 4 heteroatoms. The highest BCUT2D eigenvalue weighted by molar-refractivity contribution is 5.48. The topological polar surface area (TPSA) is 50.7 Å². The van der Waals surface area contributed by atoms with E-state index in [0.717, 1.165) is 73.6 Å². The van der Waals surface area contributed by atoms with Crippen LogP contribution in [-0.4, -0.2) is 31.9 Å². The van der Waals surface area contributed by atoms with E-state index >= 15 is 0 Å². The minimum Gasteiger partial charge on any atom is -0.456 e. The monoisotopic (exact) mass is 397 g/mol. The molecule has 2 atom stereocenters. The van der Waals surface area contributed by atoms with Gasteiger partial charge in [-0.1, -0.05) is 36.4 Å². The molecule has 0 bridgehead atoms. The second kappa shape index (κ2) is 10.2. The van der Waals surface area contributed by atoms with Crippen molar-refractivity contribution < 1.29 is 14.6 Å². The summed E-state index contributed by atoms with van der Waals surface area (Å²) in [6.07, 6.45) is 4.67. The Hall–Kier alpha value is -1.88. The van der Waals surface area contributed by atoms with E-state index in [1.165, 1.54) is 0 Å². The molecule has 1 aliphatic rings. The molecule has 1 saturated heterocycles. The zero-order valence-corrected chi connectivity index (χ0v) is 18.0. The second-order valence-electron chi connectivity index (χ2n) is 8.24. The molecular formula is C25H35NO3. The highest BCUT2D eigenvalue weighted by Crippen LogP contribution is 2.44. The number of ether oxygens (including phenoxy) is 2. The Morgan fingerprint density at radius 1 is 1.07 bits per heavy atom. The molecule has 1 unspecified atom stereocenters. The highest BCUT2D eigenvalue weighted by atomic mass is 16.5. The van der Waals surface area contributed by atoms with Crippen molar-refractivity contribution in [3.63, 3.8) is 0 Å². The number of benzene rings is 2. The SMILES string of the molecule is COCCCC[C@@](O)(c1cccc(C)c1Oc1ccccc1C)C1CCCNC1. The molecule has 2 aromatic carbocycles. The van der Waals surface area contributed by atoms with E-state index in [2.05, 4.69) is 31.3 Å². The van der Waals surface area contributed by atoms with Gasteiger partial charge in [0.05, 0.1) is 5.60 Å². The van der Waals surface area contributed by atoms with Crippen LogP contribution in [0.4, 0.5) is 0 Å². The van der Waals surface area contributed by atoms with Gasteiger partial charge in [-0.25, -0.2) is 0 Å². The molecule has 1 heterocycles. The van der Waals surface area contributed by atoms with Gasteiger partial charge < -0.3 is 19.9 Å². The maximum Gasteiger partial charge on any atom is 0.136 e. The maximum atomic E-state index is 12.1. The number of hydrogen-bond acceptors (Lipinski definition) is 4. The molecule has 158 valence electrons. The molecule has 0 saturated carbocycles. The van der Waals surface area contributed by atoms with Crippen LogP contribution in [0.1, 0.15) is 48.8 Å². The Balaban J connectivity index is 1.98. The van der Waals surface area contributed by atoms with Crippen LogP contribution in [0.25, 0.3) is 0 Å². The molecule has 3 rings (SSSR count). The van der Waals surface area contributed by atoms with E-state index in [9.17, 15) is 5.11 Å². The van der Waals surface area contributed by atoms with Crippen LogP contribution in [-0.2, 0) is 10.3 Å². The average Bonchev–Trinajstić information content (AvgIpc) is 2.74. The van der Waals surface area contributed by atoms with Crippen LogP contribution in [0.3, 0.4) is 0 Å². The van der Waals surface area contributed by atoms with E-state index in [4.69, 9.17) is 9.47 Å². The van der Waals surface area contributed by atoms with Crippen molar-refractivity contribution in [1.82, 2.24) is 5.32 Å². The lowest BCUT2D eigenvalue weighted by atomic mass is 9.73. The van der Waals surface area contributed by atoms with Gasteiger partial charge >= 0.3 is 0 Å². The van der Waals surface area contributed by atoms with Gasteiger partial charge in [-0.3, -0.25) is 0 Å². The summed E-state index contributed by atoms with van der Waals surface area (Å²) in [5.74, 6) is 1.80. The molecule has 4 nitrogen and oxygen atoms in total. The van der Waals surface area contributed by atoms with Crippen molar-refractivity contribution in [3.05, 3.63) is 59.2 Å². The largest absolute Gasteiger partial charge is 0.456 e. The lowest BCUT2D eigenvalue weighted by Gasteiger charge is -2.40. The van der Waals surface area contributed by atoms with E-state index < -0.39 is 5.60 Å². The van der Waals surface area contributed by atoms with Crippen molar-refractivity contribution in [1.29, 1.82) is 0 Å². The Morgan fingerprint density at radius 3 is 2.59 bits per heavy atom. The minimum absolute atomic E-state index is 0.166. The van der Waals surface area contributed by atoms with Crippen LogP contribution < -0.4 is 10.1 Å². The van der Waals surface area contributed by atoms with Gasteiger partial charge in [-0.15, -0.1) is 0 Å². The third-order valence-corrected chi connectivity index (χ3v) is 6.11. The summed E-state index contributed by atoms with van der Waals surface area (Å²) in [5.41, 5.74) is 2.12. The van der Waals surface area contributed by atoms with E-state index in [0.29, 0.717) is 6.42 Å². The highest BCUT2D eigenvalue weighted by Gasteiger charge is 2.41. The first-order valence-corrected chi connectivity index (χ1v) is 10.8. The standard InChI is InChI=1S/C25H35NO3/c1-19-10-4-5-14-23(19)29-24-20(2)11-8-13-22(24)25(27,15-6-7-17-28-3)21-12-9-16-26-18-21/h4-5,8,10-11,13-14,21,26-27H,6-7,9,12,15-18H2,1-3H3/t21?,25-/m0/s1. The fraction of sp³-hybridized carbons (Fsp3) is 0.520. The van der Waals surface area contributed by atoms with Crippen LogP contribution >= 0.6 is 0 Å². The number of aryl methyl sites for hydroxylation is 2. The molecule has 0 amide bonds. The zero-order valence-electron chi connectivity index (χ0n) is 18.0. The molecule has 2 N–H and O–H groups in total. The van der Waals surface area contributed by atoms with Crippen molar-refractivity contribution in [2.75, 3.05) is 26.8 Å². The van der Waals surface area contributed by atoms with E-state index in [1.54, 1.807) is 7.11 Å². The zero-order chi connectivity index (χ0) is 20.7. The number of aliphatic hydroxyl groups is 1. The van der Waals surface area contributed by atoms with Crippen molar-refractivity contribution in [2.24, 2.45) is 5.92 Å². The van der Waals surface area contributed by atoms with Gasteiger partial charge in [-0.05, 0) is 69.7 Å². The Kier molecular flexibility index (Phi) is 7.70.